The van der Waals surface area contributed by atoms with Crippen LogP contribution in [0.4, 0.5) is 0 Å². The third-order valence-corrected chi connectivity index (χ3v) is 3.61. The zero-order valence-corrected chi connectivity index (χ0v) is 11.2. The molecule has 0 radical (unpaired) electrons. The van der Waals surface area contributed by atoms with Crippen LogP contribution >= 0.6 is 15.9 Å². The van der Waals surface area contributed by atoms with Gasteiger partial charge >= 0.3 is 0 Å². The molecular weight excluding hydrogens is 250 g/mol. The molecule has 1 unspecified atom stereocenters. The molecule has 1 aromatic carbocycles. The van der Waals surface area contributed by atoms with Crippen molar-refractivity contribution in [3.8, 4) is 0 Å². The van der Waals surface area contributed by atoms with Gasteiger partial charge in [0, 0.05) is 4.47 Å². The molecule has 0 fully saturated rings. The van der Waals surface area contributed by atoms with Crippen LogP contribution < -0.4 is 5.73 Å². The lowest BCUT2D eigenvalue weighted by atomic mass is 9.95. The highest BCUT2D eigenvalue weighted by molar-refractivity contribution is 9.10. The lowest BCUT2D eigenvalue weighted by Gasteiger charge is -2.13. The van der Waals surface area contributed by atoms with E-state index < -0.39 is 0 Å². The highest BCUT2D eigenvalue weighted by Crippen LogP contribution is 2.26. The van der Waals surface area contributed by atoms with E-state index in [0.29, 0.717) is 5.92 Å². The minimum atomic E-state index is 0.607. The fraction of sp³-hybridized carbons (Fsp3) is 0.538. The van der Waals surface area contributed by atoms with Crippen LogP contribution in [-0.4, -0.2) is 6.54 Å². The molecule has 0 heterocycles. The monoisotopic (exact) mass is 269 g/mol. The lowest BCUT2D eigenvalue weighted by molar-refractivity contribution is 0.640. The summed E-state index contributed by atoms with van der Waals surface area (Å²) in [7, 11) is 0. The Morgan fingerprint density at radius 2 is 2.13 bits per heavy atom. The normalized spacial score (nSPS) is 12.8. The van der Waals surface area contributed by atoms with Gasteiger partial charge in [0.2, 0.25) is 0 Å². The lowest BCUT2D eigenvalue weighted by Crippen LogP contribution is -2.02. The maximum atomic E-state index is 5.52. The summed E-state index contributed by atoms with van der Waals surface area (Å²) in [6, 6.07) is 6.71. The van der Waals surface area contributed by atoms with E-state index in [1.807, 2.05) is 0 Å². The van der Waals surface area contributed by atoms with Crippen molar-refractivity contribution >= 4 is 15.9 Å². The number of aryl methyl sites for hydroxylation is 1. The second kappa shape index (κ2) is 6.29. The SMILES string of the molecule is CCc1ccc(C(C)CCCN)cc1Br. The van der Waals surface area contributed by atoms with Crippen molar-refractivity contribution in [1.82, 2.24) is 0 Å². The van der Waals surface area contributed by atoms with Gasteiger partial charge in [-0.1, -0.05) is 41.9 Å². The third-order valence-electron chi connectivity index (χ3n) is 2.87. The van der Waals surface area contributed by atoms with E-state index in [1.165, 1.54) is 22.0 Å². The van der Waals surface area contributed by atoms with Gasteiger partial charge in [-0.15, -0.1) is 0 Å². The van der Waals surface area contributed by atoms with E-state index in [4.69, 9.17) is 5.73 Å². The van der Waals surface area contributed by atoms with Gasteiger partial charge in [-0.25, -0.2) is 0 Å². The van der Waals surface area contributed by atoms with Crippen LogP contribution in [0.1, 0.15) is 43.7 Å². The number of halogens is 1. The zero-order valence-electron chi connectivity index (χ0n) is 9.59. The fourth-order valence-electron chi connectivity index (χ4n) is 1.75. The predicted octanol–water partition coefficient (Wildman–Crippen LogP) is 3.85. The van der Waals surface area contributed by atoms with E-state index in [0.717, 1.165) is 19.4 Å². The summed E-state index contributed by atoms with van der Waals surface area (Å²) < 4.78 is 1.24. The van der Waals surface area contributed by atoms with E-state index in [2.05, 4.69) is 48.0 Å². The second-order valence-corrected chi connectivity index (χ2v) is 4.89. The number of benzene rings is 1. The maximum Gasteiger partial charge on any atom is 0.0210 e. The van der Waals surface area contributed by atoms with Crippen LogP contribution in [0.25, 0.3) is 0 Å². The van der Waals surface area contributed by atoms with Crippen molar-refractivity contribution in [3.63, 3.8) is 0 Å². The number of hydrogen-bond donors (Lipinski definition) is 1. The molecular formula is C13H20BrN. The van der Waals surface area contributed by atoms with E-state index >= 15 is 0 Å². The predicted molar refractivity (Wildman–Crippen MR) is 70.2 cm³/mol. The van der Waals surface area contributed by atoms with Gasteiger partial charge in [0.1, 0.15) is 0 Å². The second-order valence-electron chi connectivity index (χ2n) is 4.04. The van der Waals surface area contributed by atoms with Crippen LogP contribution in [0, 0.1) is 0 Å². The topological polar surface area (TPSA) is 26.0 Å². The van der Waals surface area contributed by atoms with E-state index in [9.17, 15) is 0 Å². The Bertz CT molecular complexity index is 309. The molecule has 2 heteroatoms. The van der Waals surface area contributed by atoms with Crippen molar-refractivity contribution in [2.45, 2.75) is 39.0 Å². The molecule has 0 spiro atoms. The van der Waals surface area contributed by atoms with E-state index in [1.54, 1.807) is 0 Å². The Labute approximate surface area is 101 Å². The van der Waals surface area contributed by atoms with Gasteiger partial charge in [0.05, 0.1) is 0 Å². The molecule has 0 bridgehead atoms. The van der Waals surface area contributed by atoms with Crippen LogP contribution in [0.2, 0.25) is 0 Å². The molecule has 84 valence electrons. The minimum Gasteiger partial charge on any atom is -0.330 e. The molecule has 0 aliphatic heterocycles. The first-order valence-corrected chi connectivity index (χ1v) is 6.46. The van der Waals surface area contributed by atoms with Crippen LogP contribution in [0.15, 0.2) is 22.7 Å². The average Bonchev–Trinajstić information content (AvgIpc) is 2.25. The average molecular weight is 270 g/mol. The molecule has 1 nitrogen and oxygen atoms in total. The minimum absolute atomic E-state index is 0.607. The summed E-state index contributed by atoms with van der Waals surface area (Å²) in [6.07, 6.45) is 3.36. The smallest absolute Gasteiger partial charge is 0.0210 e. The van der Waals surface area contributed by atoms with Crippen molar-refractivity contribution < 1.29 is 0 Å². The third kappa shape index (κ3) is 3.62. The fourth-order valence-corrected chi connectivity index (χ4v) is 2.42. The van der Waals surface area contributed by atoms with Crippen molar-refractivity contribution in [2.75, 3.05) is 6.54 Å². The molecule has 0 saturated heterocycles. The van der Waals surface area contributed by atoms with Crippen LogP contribution in [0.3, 0.4) is 0 Å². The summed E-state index contributed by atoms with van der Waals surface area (Å²) in [5.74, 6) is 0.607. The number of rotatable bonds is 5. The Hall–Kier alpha value is -0.340. The summed E-state index contributed by atoms with van der Waals surface area (Å²) in [5, 5.41) is 0. The molecule has 0 saturated carbocycles. The molecule has 2 N–H and O–H groups in total. The molecule has 15 heavy (non-hydrogen) atoms. The highest BCUT2D eigenvalue weighted by atomic mass is 79.9. The first-order valence-electron chi connectivity index (χ1n) is 5.67. The van der Waals surface area contributed by atoms with Crippen LogP contribution in [-0.2, 0) is 6.42 Å². The van der Waals surface area contributed by atoms with Gasteiger partial charge in [-0.3, -0.25) is 0 Å². The zero-order chi connectivity index (χ0) is 11.3. The molecule has 1 aromatic rings. The quantitative estimate of drug-likeness (QED) is 0.864. The van der Waals surface area contributed by atoms with Crippen molar-refractivity contribution in [2.24, 2.45) is 5.73 Å². The molecule has 0 aliphatic rings. The first kappa shape index (κ1) is 12.7. The molecule has 0 aliphatic carbocycles. The van der Waals surface area contributed by atoms with Gasteiger partial charge in [-0.05, 0) is 48.9 Å². The van der Waals surface area contributed by atoms with Gasteiger partial charge in [0.25, 0.3) is 0 Å². The Morgan fingerprint density at radius 1 is 1.40 bits per heavy atom. The molecule has 1 atom stereocenters. The van der Waals surface area contributed by atoms with Crippen LogP contribution in [0.5, 0.6) is 0 Å². The van der Waals surface area contributed by atoms with Crippen molar-refractivity contribution in [1.29, 1.82) is 0 Å². The first-order chi connectivity index (χ1) is 7.19. The number of nitrogens with two attached hydrogens (primary N) is 1. The summed E-state index contributed by atoms with van der Waals surface area (Å²) in [4.78, 5) is 0. The Balaban J connectivity index is 2.73. The van der Waals surface area contributed by atoms with Gasteiger partial charge in [0.15, 0.2) is 0 Å². The molecule has 0 aromatic heterocycles. The Morgan fingerprint density at radius 3 is 2.67 bits per heavy atom. The summed E-state index contributed by atoms with van der Waals surface area (Å²) in [6.45, 7) is 5.24. The van der Waals surface area contributed by atoms with E-state index in [-0.39, 0.29) is 0 Å². The highest BCUT2D eigenvalue weighted by Gasteiger charge is 2.06. The molecule has 0 amide bonds. The Kier molecular flexibility index (Phi) is 5.34. The van der Waals surface area contributed by atoms with Crippen molar-refractivity contribution in [3.05, 3.63) is 33.8 Å². The van der Waals surface area contributed by atoms with Gasteiger partial charge < -0.3 is 5.73 Å². The maximum absolute atomic E-state index is 5.52. The summed E-state index contributed by atoms with van der Waals surface area (Å²) in [5.41, 5.74) is 8.31. The summed E-state index contributed by atoms with van der Waals surface area (Å²) >= 11 is 3.62. The molecule has 1 rings (SSSR count). The van der Waals surface area contributed by atoms with Gasteiger partial charge in [-0.2, -0.15) is 0 Å². The largest absolute Gasteiger partial charge is 0.330 e. The standard InChI is InChI=1S/C13H20BrN/c1-3-11-6-7-12(9-13(11)14)10(2)5-4-8-15/h6-7,9-10H,3-5,8,15H2,1-2H3. The number of hydrogen-bond acceptors (Lipinski definition) is 1.